The number of fused-ring (bicyclic) bond motifs is 1. The van der Waals surface area contributed by atoms with Crippen molar-refractivity contribution < 1.29 is 19.8 Å². The third-order valence-corrected chi connectivity index (χ3v) is 7.11. The van der Waals surface area contributed by atoms with Crippen LogP contribution in [0.3, 0.4) is 0 Å². The molecule has 1 atom stereocenters. The Labute approximate surface area is 173 Å². The molecule has 0 saturated carbocycles. The number of aromatic amines is 1. The summed E-state index contributed by atoms with van der Waals surface area (Å²) < 4.78 is -1.64. The summed E-state index contributed by atoms with van der Waals surface area (Å²) in [5, 5.41) is 21.0. The Balaban J connectivity index is 2.19. The number of imidazole rings is 1. The molecule has 0 aliphatic rings. The largest absolute Gasteiger partial charge is 0.481 e. The van der Waals surface area contributed by atoms with Crippen LogP contribution in [0.15, 0.2) is 59.8 Å². The molecule has 0 aliphatic heterocycles. The highest BCUT2D eigenvalue weighted by Crippen LogP contribution is 2.52. The molecule has 1 heterocycles. The third kappa shape index (κ3) is 3.62. The van der Waals surface area contributed by atoms with Crippen molar-refractivity contribution in [1.82, 2.24) is 9.97 Å². The number of aliphatic carboxylic acids is 2. The SMILES string of the molecule is CCC(CC)(C(=O)O)C(Cc1ccccc1)(Sc1nc2ccccc2[nH]1)C(=O)O. The lowest BCUT2D eigenvalue weighted by molar-refractivity contribution is -0.160. The summed E-state index contributed by atoms with van der Waals surface area (Å²) in [6, 6.07) is 16.6. The van der Waals surface area contributed by atoms with E-state index >= 15 is 0 Å². The lowest BCUT2D eigenvalue weighted by atomic mass is 9.68. The first-order chi connectivity index (χ1) is 13.9. The van der Waals surface area contributed by atoms with Crippen molar-refractivity contribution in [3.8, 4) is 0 Å². The van der Waals surface area contributed by atoms with E-state index in [4.69, 9.17) is 0 Å². The van der Waals surface area contributed by atoms with Gasteiger partial charge in [-0.3, -0.25) is 9.59 Å². The van der Waals surface area contributed by atoms with Gasteiger partial charge in [-0.05, 0) is 37.0 Å². The maximum absolute atomic E-state index is 12.8. The van der Waals surface area contributed by atoms with Gasteiger partial charge >= 0.3 is 11.9 Å². The molecular weight excluding hydrogens is 388 g/mol. The van der Waals surface area contributed by atoms with E-state index in [1.807, 2.05) is 54.6 Å². The fourth-order valence-electron chi connectivity index (χ4n) is 3.95. The molecule has 0 spiro atoms. The minimum Gasteiger partial charge on any atom is -0.481 e. The number of rotatable bonds is 9. The quantitative estimate of drug-likeness (QED) is 0.443. The van der Waals surface area contributed by atoms with Gasteiger partial charge in [0, 0.05) is 0 Å². The molecule has 3 aromatic rings. The predicted molar refractivity (Wildman–Crippen MR) is 113 cm³/mol. The number of hydrogen-bond acceptors (Lipinski definition) is 4. The number of nitrogens with zero attached hydrogens (tertiary/aromatic N) is 1. The minimum absolute atomic E-state index is 0.0683. The van der Waals surface area contributed by atoms with Crippen LogP contribution in [0, 0.1) is 5.41 Å². The van der Waals surface area contributed by atoms with Crippen LogP contribution in [0.4, 0.5) is 0 Å². The van der Waals surface area contributed by atoms with Gasteiger partial charge in [-0.1, -0.05) is 68.1 Å². The number of H-pyrrole nitrogens is 1. The van der Waals surface area contributed by atoms with Gasteiger partial charge in [0.15, 0.2) is 5.16 Å². The van der Waals surface area contributed by atoms with E-state index in [1.54, 1.807) is 13.8 Å². The fraction of sp³-hybridized carbons (Fsp3) is 0.318. The van der Waals surface area contributed by atoms with E-state index in [2.05, 4.69) is 9.97 Å². The standard InChI is InChI=1S/C22H24N2O4S/c1-3-21(4-2,18(25)26)22(19(27)28,14-15-10-6-5-7-11-15)29-20-23-16-12-8-9-13-17(16)24-20/h5-13H,3-4,14H2,1-2H3,(H,23,24)(H,25,26)(H,27,28). The summed E-state index contributed by atoms with van der Waals surface area (Å²) in [5.74, 6) is -2.26. The number of para-hydroxylation sites is 2. The van der Waals surface area contributed by atoms with E-state index in [-0.39, 0.29) is 19.3 Å². The van der Waals surface area contributed by atoms with Gasteiger partial charge in [-0.15, -0.1) is 0 Å². The second-order valence-electron chi connectivity index (χ2n) is 7.05. The third-order valence-electron chi connectivity index (χ3n) is 5.67. The molecule has 7 heteroatoms. The van der Waals surface area contributed by atoms with Crippen LogP contribution in [0.5, 0.6) is 0 Å². The zero-order chi connectivity index (χ0) is 21.1. The monoisotopic (exact) mass is 412 g/mol. The number of thioether (sulfide) groups is 1. The van der Waals surface area contributed by atoms with Crippen molar-refractivity contribution in [1.29, 1.82) is 0 Å². The molecule has 0 bridgehead atoms. The number of hydrogen-bond donors (Lipinski definition) is 3. The molecule has 2 aromatic carbocycles. The van der Waals surface area contributed by atoms with Crippen LogP contribution < -0.4 is 0 Å². The number of carbonyl (C=O) groups is 2. The Bertz CT molecular complexity index is 981. The van der Waals surface area contributed by atoms with Gasteiger partial charge < -0.3 is 15.2 Å². The van der Waals surface area contributed by atoms with Gasteiger partial charge in [0.1, 0.15) is 4.75 Å². The molecule has 3 rings (SSSR count). The molecule has 6 nitrogen and oxygen atoms in total. The summed E-state index contributed by atoms with van der Waals surface area (Å²) >= 11 is 1.00. The van der Waals surface area contributed by atoms with Gasteiger partial charge in [0.2, 0.25) is 0 Å². The van der Waals surface area contributed by atoms with Crippen molar-refractivity contribution in [2.24, 2.45) is 5.41 Å². The zero-order valence-corrected chi connectivity index (χ0v) is 17.2. The van der Waals surface area contributed by atoms with Crippen LogP contribution in [0.2, 0.25) is 0 Å². The maximum Gasteiger partial charge on any atom is 0.321 e. The Hall–Kier alpha value is -2.80. The number of aromatic nitrogens is 2. The smallest absolute Gasteiger partial charge is 0.321 e. The first-order valence-corrected chi connectivity index (χ1v) is 10.3. The van der Waals surface area contributed by atoms with Crippen LogP contribution in [0.1, 0.15) is 32.3 Å². The Kier molecular flexibility index (Phi) is 5.98. The highest BCUT2D eigenvalue weighted by molar-refractivity contribution is 8.01. The Morgan fingerprint density at radius 2 is 1.59 bits per heavy atom. The highest BCUT2D eigenvalue weighted by Gasteiger charge is 2.60. The highest BCUT2D eigenvalue weighted by atomic mass is 32.2. The van der Waals surface area contributed by atoms with E-state index < -0.39 is 22.1 Å². The average Bonchev–Trinajstić information content (AvgIpc) is 3.11. The average molecular weight is 413 g/mol. The van der Waals surface area contributed by atoms with Crippen molar-refractivity contribution in [2.45, 2.75) is 43.0 Å². The molecule has 0 saturated heterocycles. The fourth-order valence-corrected chi connectivity index (χ4v) is 5.48. The summed E-state index contributed by atoms with van der Waals surface area (Å²) in [7, 11) is 0. The van der Waals surface area contributed by atoms with Crippen LogP contribution in [-0.2, 0) is 16.0 Å². The van der Waals surface area contributed by atoms with Gasteiger partial charge in [-0.25, -0.2) is 4.98 Å². The van der Waals surface area contributed by atoms with E-state index in [0.717, 1.165) is 22.8 Å². The van der Waals surface area contributed by atoms with E-state index in [1.165, 1.54) is 0 Å². The van der Waals surface area contributed by atoms with Crippen molar-refractivity contribution in [2.75, 3.05) is 0 Å². The molecule has 0 radical (unpaired) electrons. The van der Waals surface area contributed by atoms with Crippen molar-refractivity contribution in [3.05, 3.63) is 60.2 Å². The summed E-state index contributed by atoms with van der Waals surface area (Å²) in [4.78, 5) is 32.9. The molecule has 0 aliphatic carbocycles. The number of benzene rings is 2. The minimum atomic E-state index is -1.64. The summed E-state index contributed by atoms with van der Waals surface area (Å²) in [5.41, 5.74) is 0.787. The topological polar surface area (TPSA) is 103 Å². The van der Waals surface area contributed by atoms with Gasteiger partial charge in [-0.2, -0.15) is 0 Å². The number of nitrogens with one attached hydrogen (secondary N) is 1. The molecule has 1 aromatic heterocycles. The summed E-state index contributed by atoms with van der Waals surface area (Å²) in [6.45, 7) is 3.47. The first-order valence-electron chi connectivity index (χ1n) is 9.53. The zero-order valence-electron chi connectivity index (χ0n) is 16.4. The molecule has 0 amide bonds. The lowest BCUT2D eigenvalue weighted by Gasteiger charge is -2.43. The predicted octanol–water partition coefficient (Wildman–Crippen LogP) is 4.61. The molecule has 29 heavy (non-hydrogen) atoms. The van der Waals surface area contributed by atoms with E-state index in [0.29, 0.717) is 10.7 Å². The molecular formula is C22H24N2O4S. The summed E-state index contributed by atoms with van der Waals surface area (Å²) in [6.07, 6.45) is 0.440. The lowest BCUT2D eigenvalue weighted by Crippen LogP contribution is -2.57. The molecule has 0 fully saturated rings. The van der Waals surface area contributed by atoms with Crippen molar-refractivity contribution >= 4 is 34.7 Å². The number of carboxylic acids is 2. The van der Waals surface area contributed by atoms with Crippen molar-refractivity contribution in [3.63, 3.8) is 0 Å². The van der Waals surface area contributed by atoms with E-state index in [9.17, 15) is 19.8 Å². The Morgan fingerprint density at radius 3 is 2.14 bits per heavy atom. The molecule has 3 N–H and O–H groups in total. The van der Waals surface area contributed by atoms with Gasteiger partial charge in [0.25, 0.3) is 0 Å². The Morgan fingerprint density at radius 1 is 0.966 bits per heavy atom. The maximum atomic E-state index is 12.8. The molecule has 152 valence electrons. The van der Waals surface area contributed by atoms with Crippen LogP contribution in [0.25, 0.3) is 11.0 Å². The normalized spacial score (nSPS) is 13.9. The first kappa shape index (κ1) is 20.9. The second kappa shape index (κ2) is 8.29. The number of carboxylic acid groups (broad SMARTS) is 2. The second-order valence-corrected chi connectivity index (χ2v) is 8.34. The molecule has 1 unspecified atom stereocenters. The van der Waals surface area contributed by atoms with Crippen LogP contribution in [-0.4, -0.2) is 36.9 Å². The van der Waals surface area contributed by atoms with Crippen LogP contribution >= 0.6 is 11.8 Å². The van der Waals surface area contributed by atoms with Gasteiger partial charge in [0.05, 0.1) is 16.4 Å².